The summed E-state index contributed by atoms with van der Waals surface area (Å²) in [5, 5.41) is 3.62. The molecule has 3 aromatic rings. The van der Waals surface area contributed by atoms with Crippen molar-refractivity contribution in [2.24, 2.45) is 0 Å². The molecule has 1 aliphatic rings. The second-order valence-electron chi connectivity index (χ2n) is 8.34. The van der Waals surface area contributed by atoms with Gasteiger partial charge in [-0.1, -0.05) is 98.8 Å². The quantitative estimate of drug-likeness (QED) is 0.474. The maximum Gasteiger partial charge on any atom is 0.324 e. The Bertz CT molecular complexity index is 982. The van der Waals surface area contributed by atoms with Crippen LogP contribution >= 0.6 is 0 Å². The lowest BCUT2D eigenvalue weighted by atomic mass is 9.90. The summed E-state index contributed by atoms with van der Waals surface area (Å²) in [5.41, 5.74) is 4.66. The van der Waals surface area contributed by atoms with Gasteiger partial charge in [-0.25, -0.2) is 0 Å². The fraction of sp³-hybridized carbons (Fsp3) is 0.321. The van der Waals surface area contributed by atoms with Gasteiger partial charge in [0.2, 0.25) is 0 Å². The lowest BCUT2D eigenvalue weighted by Gasteiger charge is -2.37. The summed E-state index contributed by atoms with van der Waals surface area (Å²) in [4.78, 5) is 13.0. The van der Waals surface area contributed by atoms with Crippen LogP contribution in [0.3, 0.4) is 0 Å². The number of rotatable bonds is 7. The molecule has 1 aliphatic heterocycles. The van der Waals surface area contributed by atoms with Gasteiger partial charge in [-0.05, 0) is 47.4 Å². The van der Waals surface area contributed by atoms with Crippen LogP contribution in [-0.2, 0) is 16.0 Å². The molecule has 3 atom stereocenters. The maximum atomic E-state index is 13.0. The Hall–Kier alpha value is -2.91. The van der Waals surface area contributed by atoms with E-state index in [2.05, 4.69) is 55.6 Å². The highest BCUT2D eigenvalue weighted by Crippen LogP contribution is 2.36. The largest absolute Gasteiger partial charge is 0.454 e. The van der Waals surface area contributed by atoms with E-state index in [1.54, 1.807) is 0 Å². The van der Waals surface area contributed by atoms with Crippen LogP contribution in [0.5, 0.6) is 0 Å². The third-order valence-corrected chi connectivity index (χ3v) is 6.35. The molecule has 0 bridgehead atoms. The zero-order valence-corrected chi connectivity index (χ0v) is 18.3. The van der Waals surface area contributed by atoms with Crippen molar-refractivity contribution in [1.29, 1.82) is 0 Å². The minimum atomic E-state index is -0.373. The standard InChI is InChI=1S/C28H31NO2/c1-3-21(4-2)24-17-11-12-20(18-24)19-25-28(30)31-27(23-15-9-6-10-16-23)26(29-25)22-13-7-5-8-14-22/h5-18,21,25-27,29H,3-4,19H2,1-2H3/t25-,26-,27+/m0/s1. The van der Waals surface area contributed by atoms with Crippen molar-refractivity contribution >= 4 is 5.97 Å². The highest BCUT2D eigenvalue weighted by molar-refractivity contribution is 5.77. The summed E-state index contributed by atoms with van der Waals surface area (Å²) < 4.78 is 6.04. The van der Waals surface area contributed by atoms with Gasteiger partial charge in [0.05, 0.1) is 6.04 Å². The van der Waals surface area contributed by atoms with Crippen LogP contribution in [-0.4, -0.2) is 12.0 Å². The Morgan fingerprint density at radius 2 is 1.48 bits per heavy atom. The van der Waals surface area contributed by atoms with E-state index in [1.807, 2.05) is 48.5 Å². The van der Waals surface area contributed by atoms with Gasteiger partial charge in [0.25, 0.3) is 0 Å². The topological polar surface area (TPSA) is 38.3 Å². The van der Waals surface area contributed by atoms with Crippen molar-refractivity contribution in [3.05, 3.63) is 107 Å². The first-order chi connectivity index (χ1) is 15.2. The van der Waals surface area contributed by atoms with Crippen molar-refractivity contribution < 1.29 is 9.53 Å². The number of morpholine rings is 1. The van der Waals surface area contributed by atoms with Crippen molar-refractivity contribution in [2.75, 3.05) is 0 Å². The summed E-state index contributed by atoms with van der Waals surface area (Å²) in [7, 11) is 0. The molecule has 0 saturated carbocycles. The Labute approximate surface area is 185 Å². The van der Waals surface area contributed by atoms with Gasteiger partial charge in [-0.15, -0.1) is 0 Å². The second-order valence-corrected chi connectivity index (χ2v) is 8.34. The average Bonchev–Trinajstić information content (AvgIpc) is 2.82. The van der Waals surface area contributed by atoms with Crippen molar-refractivity contribution in [1.82, 2.24) is 5.32 Å². The SMILES string of the molecule is CCC(CC)c1cccc(C[C@@H]2N[C@@H](c3ccccc3)[C@@H](c3ccccc3)OC2=O)c1. The highest BCUT2D eigenvalue weighted by Gasteiger charge is 2.38. The third-order valence-electron chi connectivity index (χ3n) is 6.35. The first-order valence-corrected chi connectivity index (χ1v) is 11.3. The van der Waals surface area contributed by atoms with Crippen LogP contribution in [0.2, 0.25) is 0 Å². The Kier molecular flexibility index (Phi) is 6.83. The molecule has 0 aromatic heterocycles. The van der Waals surface area contributed by atoms with E-state index in [0.717, 1.165) is 24.0 Å². The van der Waals surface area contributed by atoms with Gasteiger partial charge >= 0.3 is 5.97 Å². The van der Waals surface area contributed by atoms with Gasteiger partial charge in [0.15, 0.2) is 0 Å². The zero-order chi connectivity index (χ0) is 21.6. The molecule has 3 heteroatoms. The summed E-state index contributed by atoms with van der Waals surface area (Å²) in [6.07, 6.45) is 2.53. The average molecular weight is 414 g/mol. The van der Waals surface area contributed by atoms with Gasteiger partial charge < -0.3 is 4.74 Å². The molecule has 1 N–H and O–H groups in total. The number of esters is 1. The van der Waals surface area contributed by atoms with E-state index in [4.69, 9.17) is 4.74 Å². The predicted octanol–water partition coefficient (Wildman–Crippen LogP) is 6.13. The summed E-state index contributed by atoms with van der Waals surface area (Å²) in [6.45, 7) is 4.46. The molecular weight excluding hydrogens is 382 g/mol. The number of carbonyl (C=O) groups is 1. The molecule has 4 rings (SSSR count). The summed E-state index contributed by atoms with van der Waals surface area (Å²) >= 11 is 0. The molecular formula is C28H31NO2. The first kappa shape index (κ1) is 21.3. The van der Waals surface area contributed by atoms with Crippen LogP contribution in [0.1, 0.15) is 67.0 Å². The number of hydrogen-bond acceptors (Lipinski definition) is 3. The zero-order valence-electron chi connectivity index (χ0n) is 18.3. The number of benzene rings is 3. The van der Waals surface area contributed by atoms with Crippen molar-refractivity contribution in [2.45, 2.75) is 57.2 Å². The van der Waals surface area contributed by atoms with Crippen LogP contribution in [0.4, 0.5) is 0 Å². The van der Waals surface area contributed by atoms with E-state index in [1.165, 1.54) is 11.1 Å². The molecule has 0 amide bonds. The molecule has 0 aliphatic carbocycles. The van der Waals surface area contributed by atoms with E-state index in [9.17, 15) is 4.79 Å². The molecule has 3 nitrogen and oxygen atoms in total. The number of hydrogen-bond donors (Lipinski definition) is 1. The summed E-state index contributed by atoms with van der Waals surface area (Å²) in [6, 6.07) is 28.5. The molecule has 1 heterocycles. The van der Waals surface area contributed by atoms with E-state index >= 15 is 0 Å². The Morgan fingerprint density at radius 3 is 2.13 bits per heavy atom. The van der Waals surface area contributed by atoms with E-state index in [0.29, 0.717) is 12.3 Å². The van der Waals surface area contributed by atoms with Gasteiger partial charge in [-0.3, -0.25) is 10.1 Å². The number of cyclic esters (lactones) is 1. The second kappa shape index (κ2) is 9.93. The van der Waals surface area contributed by atoms with E-state index in [-0.39, 0.29) is 24.2 Å². The molecule has 160 valence electrons. The van der Waals surface area contributed by atoms with Gasteiger partial charge in [0, 0.05) is 0 Å². The molecule has 31 heavy (non-hydrogen) atoms. The van der Waals surface area contributed by atoms with Crippen molar-refractivity contribution in [3.63, 3.8) is 0 Å². The number of nitrogens with one attached hydrogen (secondary N) is 1. The molecule has 0 unspecified atom stereocenters. The predicted molar refractivity (Wildman–Crippen MR) is 125 cm³/mol. The van der Waals surface area contributed by atoms with E-state index < -0.39 is 0 Å². The fourth-order valence-corrected chi connectivity index (χ4v) is 4.59. The van der Waals surface area contributed by atoms with Crippen LogP contribution in [0, 0.1) is 0 Å². The first-order valence-electron chi connectivity index (χ1n) is 11.3. The third kappa shape index (κ3) is 4.88. The minimum absolute atomic E-state index is 0.0893. The van der Waals surface area contributed by atoms with Crippen molar-refractivity contribution in [3.8, 4) is 0 Å². The maximum absolute atomic E-state index is 13.0. The van der Waals surface area contributed by atoms with Crippen LogP contribution < -0.4 is 5.32 Å². The lowest BCUT2D eigenvalue weighted by Crippen LogP contribution is -2.49. The fourth-order valence-electron chi connectivity index (χ4n) is 4.59. The normalized spacial score (nSPS) is 21.1. The molecule has 1 saturated heterocycles. The molecule has 3 aromatic carbocycles. The molecule has 1 fully saturated rings. The summed E-state index contributed by atoms with van der Waals surface area (Å²) in [5.74, 6) is 0.375. The number of carbonyl (C=O) groups excluding carboxylic acids is 1. The molecule has 0 radical (unpaired) electrons. The Balaban J connectivity index is 1.59. The smallest absolute Gasteiger partial charge is 0.324 e. The van der Waals surface area contributed by atoms with Gasteiger partial charge in [-0.2, -0.15) is 0 Å². The van der Waals surface area contributed by atoms with Gasteiger partial charge in [0.1, 0.15) is 12.1 Å². The highest BCUT2D eigenvalue weighted by atomic mass is 16.5. The number of ether oxygens (including phenoxy) is 1. The van der Waals surface area contributed by atoms with Crippen LogP contribution in [0.25, 0.3) is 0 Å². The van der Waals surface area contributed by atoms with Crippen LogP contribution in [0.15, 0.2) is 84.9 Å². The Morgan fingerprint density at radius 1 is 0.839 bits per heavy atom. The monoisotopic (exact) mass is 413 g/mol. The lowest BCUT2D eigenvalue weighted by molar-refractivity contribution is -0.160. The minimum Gasteiger partial charge on any atom is -0.454 e. The molecule has 0 spiro atoms.